The second-order valence-corrected chi connectivity index (χ2v) is 8.06. The first-order valence-corrected chi connectivity index (χ1v) is 10.8. The van der Waals surface area contributed by atoms with E-state index in [0.29, 0.717) is 22.8 Å². The predicted octanol–water partition coefficient (Wildman–Crippen LogP) is 3.43. The molecular weight excluding hydrogens is 440 g/mol. The van der Waals surface area contributed by atoms with E-state index < -0.39 is 12.1 Å². The molecule has 0 radical (unpaired) electrons. The largest absolute Gasteiger partial charge is 0.472 e. The Morgan fingerprint density at radius 3 is 2.88 bits per heavy atom. The third kappa shape index (κ3) is 4.53. The highest BCUT2D eigenvalue weighted by molar-refractivity contribution is 5.93. The molecule has 0 saturated heterocycles. The Balaban J connectivity index is 1.38. The lowest BCUT2D eigenvalue weighted by atomic mass is 10.1. The lowest BCUT2D eigenvalue weighted by Gasteiger charge is -2.16. The number of anilines is 1. The van der Waals surface area contributed by atoms with Crippen LogP contribution in [0.15, 0.2) is 53.3 Å². The molecule has 2 amide bonds. The topological polar surface area (TPSA) is 144 Å². The van der Waals surface area contributed by atoms with Gasteiger partial charge >= 0.3 is 6.09 Å². The third-order valence-corrected chi connectivity index (χ3v) is 5.51. The van der Waals surface area contributed by atoms with Gasteiger partial charge in [0.2, 0.25) is 5.91 Å². The summed E-state index contributed by atoms with van der Waals surface area (Å²) < 4.78 is 12.9. The minimum atomic E-state index is -1.19. The number of carboxylic acid groups (broad SMARTS) is 1. The number of carbonyl (C=O) groups excluding carboxylic acids is 1. The van der Waals surface area contributed by atoms with Crippen LogP contribution >= 0.6 is 0 Å². The number of hydrogen-bond donors (Lipinski definition) is 3. The maximum absolute atomic E-state index is 12.0. The van der Waals surface area contributed by atoms with Crippen LogP contribution in [0.3, 0.4) is 0 Å². The monoisotopic (exact) mass is 462 g/mol. The minimum Gasteiger partial charge on any atom is -0.472 e. The summed E-state index contributed by atoms with van der Waals surface area (Å²) in [6.45, 7) is 1.73. The smallest absolute Gasteiger partial charge is 0.405 e. The average molecular weight is 462 g/mol. The van der Waals surface area contributed by atoms with Crippen LogP contribution < -0.4 is 15.4 Å². The summed E-state index contributed by atoms with van der Waals surface area (Å²) >= 11 is 0. The zero-order valence-corrected chi connectivity index (χ0v) is 18.3. The molecule has 11 nitrogen and oxygen atoms in total. The number of hydrogen-bond acceptors (Lipinski definition) is 7. The van der Waals surface area contributed by atoms with Crippen LogP contribution in [0.1, 0.15) is 30.3 Å². The molecule has 5 rings (SSSR count). The molecule has 0 aromatic carbocycles. The van der Waals surface area contributed by atoms with Gasteiger partial charge in [-0.25, -0.2) is 9.31 Å². The maximum atomic E-state index is 12.0. The van der Waals surface area contributed by atoms with Crippen molar-refractivity contribution in [1.29, 1.82) is 0 Å². The fourth-order valence-electron chi connectivity index (χ4n) is 3.66. The van der Waals surface area contributed by atoms with Crippen LogP contribution in [0.2, 0.25) is 0 Å². The van der Waals surface area contributed by atoms with Crippen LogP contribution in [-0.2, 0) is 4.79 Å². The SMILES string of the molecule is Cc1onc(OCC(NC(=O)O)c2ccccn2)c1-c1ccn2nc(NC(=O)C3CC3)cc2c1. The Kier molecular flexibility index (Phi) is 5.58. The van der Waals surface area contributed by atoms with E-state index in [0.717, 1.165) is 23.9 Å². The van der Waals surface area contributed by atoms with Crippen LogP contribution in [0.5, 0.6) is 5.88 Å². The Hall–Kier alpha value is -4.41. The first kappa shape index (κ1) is 21.4. The summed E-state index contributed by atoms with van der Waals surface area (Å²) in [4.78, 5) is 27.5. The minimum absolute atomic E-state index is 0.00775. The van der Waals surface area contributed by atoms with Crippen molar-refractivity contribution < 1.29 is 24.0 Å². The molecule has 34 heavy (non-hydrogen) atoms. The highest BCUT2D eigenvalue weighted by atomic mass is 16.5. The summed E-state index contributed by atoms with van der Waals surface area (Å²) in [6, 6.07) is 10.1. The van der Waals surface area contributed by atoms with E-state index >= 15 is 0 Å². The Labute approximate surface area is 193 Å². The van der Waals surface area contributed by atoms with E-state index in [1.54, 1.807) is 48.1 Å². The molecule has 0 aliphatic heterocycles. The van der Waals surface area contributed by atoms with Gasteiger partial charge in [-0.2, -0.15) is 5.10 Å². The van der Waals surface area contributed by atoms with E-state index in [1.807, 2.05) is 12.1 Å². The molecule has 1 fully saturated rings. The number of ether oxygens (including phenoxy) is 1. The highest BCUT2D eigenvalue weighted by Crippen LogP contribution is 2.34. The molecule has 174 valence electrons. The van der Waals surface area contributed by atoms with E-state index in [2.05, 4.69) is 25.9 Å². The second-order valence-electron chi connectivity index (χ2n) is 8.06. The van der Waals surface area contributed by atoms with E-state index in [-0.39, 0.29) is 24.3 Å². The number of aryl methyl sites for hydroxylation is 1. The van der Waals surface area contributed by atoms with Crippen LogP contribution in [0.4, 0.5) is 10.6 Å². The Bertz CT molecular complexity index is 1340. The average Bonchev–Trinajstić information content (AvgIpc) is 3.51. The number of aromatic nitrogens is 4. The normalized spacial score (nSPS) is 14.0. The first-order chi connectivity index (χ1) is 16.5. The van der Waals surface area contributed by atoms with E-state index in [4.69, 9.17) is 9.26 Å². The summed E-state index contributed by atoms with van der Waals surface area (Å²) in [5.74, 6) is 1.35. The summed E-state index contributed by atoms with van der Waals surface area (Å²) in [7, 11) is 0. The number of nitrogens with one attached hydrogen (secondary N) is 2. The lowest BCUT2D eigenvalue weighted by Crippen LogP contribution is -2.31. The van der Waals surface area contributed by atoms with Crippen molar-refractivity contribution in [2.45, 2.75) is 25.8 Å². The van der Waals surface area contributed by atoms with Crippen molar-refractivity contribution in [3.05, 3.63) is 60.2 Å². The molecule has 4 aromatic rings. The van der Waals surface area contributed by atoms with Crippen LogP contribution in [0.25, 0.3) is 16.6 Å². The standard InChI is InChI=1S/C23H22N6O5/c1-13-20(15-7-9-29-16(10-15)11-19(27-29)26-21(30)14-5-6-14)22(28-34-13)33-12-18(25-23(31)32)17-4-2-3-8-24-17/h2-4,7-11,14,18,25H,5-6,12H2,1H3,(H,31,32)(H,26,27,30). The van der Waals surface area contributed by atoms with E-state index in [1.165, 1.54) is 0 Å². The molecule has 4 aromatic heterocycles. The number of amides is 2. The fourth-order valence-corrected chi connectivity index (χ4v) is 3.66. The zero-order chi connectivity index (χ0) is 23.7. The predicted molar refractivity (Wildman–Crippen MR) is 120 cm³/mol. The summed E-state index contributed by atoms with van der Waals surface area (Å²) in [6.07, 6.45) is 4.01. The van der Waals surface area contributed by atoms with Gasteiger partial charge in [0.15, 0.2) is 5.82 Å². The molecule has 1 aliphatic carbocycles. The molecule has 1 unspecified atom stereocenters. The van der Waals surface area contributed by atoms with Gasteiger partial charge in [-0.05, 0) is 54.8 Å². The zero-order valence-electron chi connectivity index (χ0n) is 18.3. The van der Waals surface area contributed by atoms with Gasteiger partial charge in [0.25, 0.3) is 5.88 Å². The number of nitrogens with zero attached hydrogens (tertiary/aromatic N) is 4. The van der Waals surface area contributed by atoms with Crippen molar-refractivity contribution in [1.82, 2.24) is 25.1 Å². The van der Waals surface area contributed by atoms with Crippen molar-refractivity contribution >= 4 is 23.3 Å². The molecule has 4 heterocycles. The third-order valence-electron chi connectivity index (χ3n) is 5.51. The number of fused-ring (bicyclic) bond motifs is 1. The fraction of sp³-hybridized carbons (Fsp3) is 0.261. The highest BCUT2D eigenvalue weighted by Gasteiger charge is 2.30. The van der Waals surface area contributed by atoms with Gasteiger partial charge in [0.1, 0.15) is 18.4 Å². The quantitative estimate of drug-likeness (QED) is 0.361. The van der Waals surface area contributed by atoms with E-state index in [9.17, 15) is 14.7 Å². The summed E-state index contributed by atoms with van der Waals surface area (Å²) in [5, 5.41) is 22.9. The number of pyridine rings is 2. The number of rotatable bonds is 8. The van der Waals surface area contributed by atoms with Gasteiger partial charge in [0, 0.05) is 24.4 Å². The van der Waals surface area contributed by atoms with Crippen molar-refractivity contribution in [3.8, 4) is 17.0 Å². The second kappa shape index (κ2) is 8.85. The first-order valence-electron chi connectivity index (χ1n) is 10.8. The van der Waals surface area contributed by atoms with Gasteiger partial charge < -0.3 is 25.0 Å². The molecule has 1 aliphatic rings. The molecule has 0 bridgehead atoms. The number of carbonyl (C=O) groups is 2. The summed E-state index contributed by atoms with van der Waals surface area (Å²) in [5.41, 5.74) is 2.71. The van der Waals surface area contributed by atoms with Gasteiger partial charge in [0.05, 0.1) is 16.8 Å². The van der Waals surface area contributed by atoms with Crippen LogP contribution in [0, 0.1) is 12.8 Å². The molecule has 11 heteroatoms. The van der Waals surface area contributed by atoms with Crippen molar-refractivity contribution in [2.75, 3.05) is 11.9 Å². The molecule has 1 saturated carbocycles. The molecular formula is C23H22N6O5. The lowest BCUT2D eigenvalue weighted by molar-refractivity contribution is -0.117. The molecule has 3 N–H and O–H groups in total. The molecule has 1 atom stereocenters. The van der Waals surface area contributed by atoms with Gasteiger partial charge in [-0.15, -0.1) is 0 Å². The van der Waals surface area contributed by atoms with Gasteiger partial charge in [-0.1, -0.05) is 6.07 Å². The van der Waals surface area contributed by atoms with Crippen molar-refractivity contribution in [3.63, 3.8) is 0 Å². The van der Waals surface area contributed by atoms with Gasteiger partial charge in [-0.3, -0.25) is 9.78 Å². The Morgan fingerprint density at radius 2 is 2.15 bits per heavy atom. The van der Waals surface area contributed by atoms with Crippen molar-refractivity contribution in [2.24, 2.45) is 5.92 Å². The molecule has 0 spiro atoms. The van der Waals surface area contributed by atoms with Crippen LogP contribution in [-0.4, -0.2) is 43.5 Å². The Morgan fingerprint density at radius 1 is 1.29 bits per heavy atom. The maximum Gasteiger partial charge on any atom is 0.405 e.